The van der Waals surface area contributed by atoms with Gasteiger partial charge in [0, 0.05) is 6.54 Å². The maximum Gasteiger partial charge on any atom is 0.359 e. The number of amides is 2. The summed E-state index contributed by atoms with van der Waals surface area (Å²) < 4.78 is 4.92. The van der Waals surface area contributed by atoms with Crippen molar-refractivity contribution in [1.29, 1.82) is 0 Å². The number of halogens is 2. The Morgan fingerprint density at radius 2 is 1.82 bits per heavy atom. The Bertz CT molecular complexity index is 887. The summed E-state index contributed by atoms with van der Waals surface area (Å²) in [6, 6.07) is 9.36. The minimum absolute atomic E-state index is 0.0574. The highest BCUT2D eigenvalue weighted by atomic mass is 35.5. The largest absolute Gasteiger partial charge is 0.451 e. The lowest BCUT2D eigenvalue weighted by molar-refractivity contribution is -0.119. The summed E-state index contributed by atoms with van der Waals surface area (Å²) in [5.41, 5.74) is 0.432. The summed E-state index contributed by atoms with van der Waals surface area (Å²) in [6.45, 7) is 3.88. The van der Waals surface area contributed by atoms with E-state index >= 15 is 0 Å². The minimum Gasteiger partial charge on any atom is -0.451 e. The lowest BCUT2D eigenvalue weighted by Crippen LogP contribution is -2.29. The normalized spacial score (nSPS) is 10.5. The molecule has 0 radical (unpaired) electrons. The topological polar surface area (TPSA) is 97.4 Å². The molecule has 0 saturated carbocycles. The highest BCUT2D eigenvalue weighted by molar-refractivity contribution is 6.34. The number of carbonyl (C=O) groups is 3. The van der Waals surface area contributed by atoms with E-state index in [-0.39, 0.29) is 27.7 Å². The van der Waals surface area contributed by atoms with Gasteiger partial charge in [-0.25, -0.2) is 9.78 Å². The van der Waals surface area contributed by atoms with Gasteiger partial charge in [-0.05, 0) is 30.2 Å². The summed E-state index contributed by atoms with van der Waals surface area (Å²) in [5.74, 6) is -1.52. The van der Waals surface area contributed by atoms with Gasteiger partial charge in [0.2, 0.25) is 0 Å². The number of para-hydroxylation sites is 1. The van der Waals surface area contributed by atoms with Gasteiger partial charge in [-0.3, -0.25) is 9.59 Å². The predicted octanol–water partition coefficient (Wildman–Crippen LogP) is 3.57. The molecular formula is C19H19Cl2N3O4. The average molecular weight is 424 g/mol. The van der Waals surface area contributed by atoms with Crippen LogP contribution in [0.4, 0.5) is 5.69 Å². The van der Waals surface area contributed by atoms with Crippen molar-refractivity contribution in [2.45, 2.75) is 13.8 Å². The fourth-order valence-corrected chi connectivity index (χ4v) is 2.46. The van der Waals surface area contributed by atoms with Crippen LogP contribution in [0.5, 0.6) is 0 Å². The van der Waals surface area contributed by atoms with Crippen LogP contribution in [0.3, 0.4) is 0 Å². The second-order valence-corrected chi connectivity index (χ2v) is 7.03. The van der Waals surface area contributed by atoms with Crippen LogP contribution in [0.25, 0.3) is 0 Å². The first kappa shape index (κ1) is 21.7. The summed E-state index contributed by atoms with van der Waals surface area (Å²) in [4.78, 5) is 40.2. The Labute approximate surface area is 172 Å². The Kier molecular flexibility index (Phi) is 7.78. The van der Waals surface area contributed by atoms with E-state index in [4.69, 9.17) is 27.9 Å². The zero-order valence-electron chi connectivity index (χ0n) is 15.3. The van der Waals surface area contributed by atoms with E-state index in [1.165, 1.54) is 12.1 Å². The molecule has 28 heavy (non-hydrogen) atoms. The molecule has 0 aliphatic heterocycles. The lowest BCUT2D eigenvalue weighted by atomic mass is 10.1. The van der Waals surface area contributed by atoms with Gasteiger partial charge in [0.25, 0.3) is 11.8 Å². The van der Waals surface area contributed by atoms with Gasteiger partial charge in [-0.15, -0.1) is 0 Å². The highest BCUT2D eigenvalue weighted by Gasteiger charge is 2.18. The molecule has 2 amide bonds. The number of carbonyl (C=O) groups excluding carboxylic acids is 3. The molecule has 0 aliphatic rings. The number of nitrogens with zero attached hydrogens (tertiary/aromatic N) is 1. The molecule has 2 rings (SSSR count). The third-order valence-corrected chi connectivity index (χ3v) is 3.97. The molecule has 0 saturated heterocycles. The highest BCUT2D eigenvalue weighted by Crippen LogP contribution is 2.18. The van der Waals surface area contributed by atoms with Gasteiger partial charge >= 0.3 is 5.97 Å². The van der Waals surface area contributed by atoms with E-state index in [1.54, 1.807) is 24.3 Å². The number of anilines is 1. The molecule has 2 aromatic rings. The Morgan fingerprint density at radius 1 is 1.11 bits per heavy atom. The molecule has 0 atom stereocenters. The van der Waals surface area contributed by atoms with Gasteiger partial charge in [-0.2, -0.15) is 0 Å². The first-order valence-electron chi connectivity index (χ1n) is 8.44. The smallest absolute Gasteiger partial charge is 0.359 e. The van der Waals surface area contributed by atoms with E-state index in [2.05, 4.69) is 15.6 Å². The third-order valence-electron chi connectivity index (χ3n) is 3.46. The number of pyridine rings is 1. The number of esters is 1. The summed E-state index contributed by atoms with van der Waals surface area (Å²) in [6.07, 6.45) is 0. The number of hydrogen-bond donors (Lipinski definition) is 2. The first-order valence-corrected chi connectivity index (χ1v) is 9.19. The molecule has 2 N–H and O–H groups in total. The molecule has 148 valence electrons. The minimum atomic E-state index is -0.884. The maximum atomic E-state index is 12.3. The van der Waals surface area contributed by atoms with Crippen molar-refractivity contribution >= 4 is 46.7 Å². The number of nitrogens with one attached hydrogen (secondary N) is 2. The number of ether oxygens (including phenoxy) is 1. The van der Waals surface area contributed by atoms with Crippen LogP contribution in [0.2, 0.25) is 10.2 Å². The van der Waals surface area contributed by atoms with Crippen LogP contribution < -0.4 is 10.6 Å². The van der Waals surface area contributed by atoms with Crippen LogP contribution >= 0.6 is 23.2 Å². The zero-order valence-corrected chi connectivity index (χ0v) is 16.8. The van der Waals surface area contributed by atoms with Gasteiger partial charge in [-0.1, -0.05) is 49.2 Å². The molecule has 0 aliphatic carbocycles. The quantitative estimate of drug-likeness (QED) is 0.523. The Hall–Kier alpha value is -2.64. The zero-order chi connectivity index (χ0) is 20.7. The molecule has 1 heterocycles. The molecule has 7 nitrogen and oxygen atoms in total. The summed E-state index contributed by atoms with van der Waals surface area (Å²) >= 11 is 11.6. The van der Waals surface area contributed by atoms with Crippen molar-refractivity contribution in [3.63, 3.8) is 0 Å². The molecule has 9 heteroatoms. The standard InChI is InChI=1S/C19H19Cl2N3O4/c1-11(2)9-22-18(26)12-5-3-4-6-14(12)23-16(25)10-28-19(27)17-13(20)7-8-15(21)24-17/h3-8,11H,9-10H2,1-2H3,(H,22,26)(H,23,25). The van der Waals surface area contributed by atoms with Crippen molar-refractivity contribution in [1.82, 2.24) is 10.3 Å². The number of aromatic nitrogens is 1. The molecule has 0 unspecified atom stereocenters. The summed E-state index contributed by atoms with van der Waals surface area (Å²) in [5, 5.41) is 5.47. The Balaban J connectivity index is 1.99. The van der Waals surface area contributed by atoms with Gasteiger partial charge in [0.1, 0.15) is 5.15 Å². The second kappa shape index (κ2) is 10.1. The number of benzene rings is 1. The van der Waals surface area contributed by atoms with Crippen LogP contribution in [-0.4, -0.2) is 35.9 Å². The van der Waals surface area contributed by atoms with E-state index in [0.29, 0.717) is 17.8 Å². The average Bonchev–Trinajstić information content (AvgIpc) is 2.66. The lowest BCUT2D eigenvalue weighted by Gasteiger charge is -2.12. The second-order valence-electron chi connectivity index (χ2n) is 6.24. The molecular weight excluding hydrogens is 405 g/mol. The fraction of sp³-hybridized carbons (Fsp3) is 0.263. The number of rotatable bonds is 7. The predicted molar refractivity (Wildman–Crippen MR) is 107 cm³/mol. The van der Waals surface area contributed by atoms with Gasteiger partial charge < -0.3 is 15.4 Å². The SMILES string of the molecule is CC(C)CNC(=O)c1ccccc1NC(=O)COC(=O)c1nc(Cl)ccc1Cl. The van der Waals surface area contributed by atoms with Crippen molar-refractivity contribution in [2.24, 2.45) is 5.92 Å². The van der Waals surface area contributed by atoms with Crippen molar-refractivity contribution in [2.75, 3.05) is 18.5 Å². The molecule has 1 aromatic carbocycles. The van der Waals surface area contributed by atoms with E-state index < -0.39 is 18.5 Å². The van der Waals surface area contributed by atoms with E-state index in [1.807, 2.05) is 13.8 Å². The fourth-order valence-electron chi connectivity index (χ4n) is 2.13. The number of hydrogen-bond acceptors (Lipinski definition) is 5. The van der Waals surface area contributed by atoms with Crippen LogP contribution in [0, 0.1) is 5.92 Å². The maximum absolute atomic E-state index is 12.3. The summed E-state index contributed by atoms with van der Waals surface area (Å²) in [7, 11) is 0. The van der Waals surface area contributed by atoms with Crippen molar-refractivity contribution < 1.29 is 19.1 Å². The molecule has 0 bridgehead atoms. The first-order chi connectivity index (χ1) is 13.3. The monoisotopic (exact) mass is 423 g/mol. The van der Waals surface area contributed by atoms with E-state index in [0.717, 1.165) is 0 Å². The van der Waals surface area contributed by atoms with Crippen LogP contribution in [0.15, 0.2) is 36.4 Å². The van der Waals surface area contributed by atoms with Crippen LogP contribution in [-0.2, 0) is 9.53 Å². The third kappa shape index (κ3) is 6.21. The Morgan fingerprint density at radius 3 is 2.54 bits per heavy atom. The van der Waals surface area contributed by atoms with Crippen LogP contribution in [0.1, 0.15) is 34.7 Å². The van der Waals surface area contributed by atoms with Gasteiger partial charge in [0.15, 0.2) is 12.3 Å². The molecule has 0 fully saturated rings. The van der Waals surface area contributed by atoms with Crippen molar-refractivity contribution in [3.05, 3.63) is 57.8 Å². The molecule has 1 aromatic heterocycles. The van der Waals surface area contributed by atoms with E-state index in [9.17, 15) is 14.4 Å². The molecule has 0 spiro atoms. The van der Waals surface area contributed by atoms with Crippen molar-refractivity contribution in [3.8, 4) is 0 Å². The van der Waals surface area contributed by atoms with Gasteiger partial charge in [0.05, 0.1) is 16.3 Å².